The zero-order valence-corrected chi connectivity index (χ0v) is 13.6. The Kier molecular flexibility index (Phi) is 5.68. The number of anilines is 1. The van der Waals surface area contributed by atoms with Crippen LogP contribution in [0.25, 0.3) is 0 Å². The molecule has 0 atom stereocenters. The third-order valence-electron chi connectivity index (χ3n) is 4.07. The van der Waals surface area contributed by atoms with Gasteiger partial charge in [-0.3, -0.25) is 14.7 Å². The zero-order valence-electron chi connectivity index (χ0n) is 13.6. The van der Waals surface area contributed by atoms with E-state index in [9.17, 15) is 4.79 Å². The fourth-order valence-electron chi connectivity index (χ4n) is 2.73. The Morgan fingerprint density at radius 2 is 1.88 bits per heavy atom. The minimum Gasteiger partial charge on any atom is -0.352 e. The average Bonchev–Trinajstić information content (AvgIpc) is 2.67. The van der Waals surface area contributed by atoms with Crippen molar-refractivity contribution in [1.82, 2.24) is 25.2 Å². The molecule has 1 fully saturated rings. The Hall–Kier alpha value is -2.54. The number of nitrogens with zero attached hydrogens (tertiary/aromatic N) is 5. The van der Waals surface area contributed by atoms with E-state index < -0.39 is 0 Å². The van der Waals surface area contributed by atoms with E-state index in [-0.39, 0.29) is 5.91 Å². The van der Waals surface area contributed by atoms with Crippen LogP contribution in [0.5, 0.6) is 0 Å². The molecule has 0 bridgehead atoms. The molecule has 0 radical (unpaired) electrons. The minimum atomic E-state index is -0.0610. The summed E-state index contributed by atoms with van der Waals surface area (Å²) in [5.74, 6) is 0.745. The van der Waals surface area contributed by atoms with Crippen LogP contribution in [0.4, 0.5) is 5.95 Å². The molecule has 0 spiro atoms. The van der Waals surface area contributed by atoms with Crippen LogP contribution in [-0.4, -0.2) is 65.0 Å². The summed E-state index contributed by atoms with van der Waals surface area (Å²) in [7, 11) is 0. The summed E-state index contributed by atoms with van der Waals surface area (Å²) < 4.78 is 0. The van der Waals surface area contributed by atoms with Crippen LogP contribution in [-0.2, 0) is 0 Å². The standard InChI is InChI=1S/C17H22N6O/c24-16(15-4-1-5-18-14-15)19-8-3-9-22-10-12-23(13-11-22)17-20-6-2-7-21-17/h1-2,4-7,14H,3,8-13H2,(H,19,24). The van der Waals surface area contributed by atoms with Crippen LogP contribution >= 0.6 is 0 Å². The van der Waals surface area contributed by atoms with E-state index in [2.05, 4.69) is 30.1 Å². The van der Waals surface area contributed by atoms with Gasteiger partial charge in [0, 0.05) is 57.5 Å². The smallest absolute Gasteiger partial charge is 0.252 e. The number of piperazine rings is 1. The van der Waals surface area contributed by atoms with Crippen molar-refractivity contribution in [1.29, 1.82) is 0 Å². The van der Waals surface area contributed by atoms with Gasteiger partial charge in [0.15, 0.2) is 0 Å². The summed E-state index contributed by atoms with van der Waals surface area (Å²) in [6.45, 7) is 5.52. The number of amides is 1. The van der Waals surface area contributed by atoms with Crippen LogP contribution in [0.2, 0.25) is 0 Å². The molecule has 0 aromatic carbocycles. The summed E-state index contributed by atoms with van der Waals surface area (Å²) in [6.07, 6.45) is 7.74. The lowest BCUT2D eigenvalue weighted by Crippen LogP contribution is -2.47. The predicted molar refractivity (Wildman–Crippen MR) is 91.9 cm³/mol. The maximum Gasteiger partial charge on any atom is 0.252 e. The van der Waals surface area contributed by atoms with Gasteiger partial charge in [-0.25, -0.2) is 9.97 Å². The molecule has 1 aliphatic heterocycles. The Balaban J connectivity index is 1.33. The van der Waals surface area contributed by atoms with Crippen LogP contribution in [0.3, 0.4) is 0 Å². The summed E-state index contributed by atoms with van der Waals surface area (Å²) in [4.78, 5) is 29.1. The highest BCUT2D eigenvalue weighted by Gasteiger charge is 2.18. The molecule has 0 saturated carbocycles. The summed E-state index contributed by atoms with van der Waals surface area (Å²) in [6, 6.07) is 5.37. The van der Waals surface area contributed by atoms with E-state index in [1.54, 1.807) is 36.9 Å². The second-order valence-electron chi connectivity index (χ2n) is 5.73. The molecule has 0 unspecified atom stereocenters. The SMILES string of the molecule is O=C(NCCCN1CCN(c2ncccn2)CC1)c1cccnc1. The highest BCUT2D eigenvalue weighted by Crippen LogP contribution is 2.09. The minimum absolute atomic E-state index is 0.0610. The Labute approximate surface area is 141 Å². The van der Waals surface area contributed by atoms with E-state index in [1.165, 1.54) is 0 Å². The number of hydrogen-bond acceptors (Lipinski definition) is 6. The van der Waals surface area contributed by atoms with Gasteiger partial charge in [-0.05, 0) is 31.2 Å². The second-order valence-corrected chi connectivity index (χ2v) is 5.73. The van der Waals surface area contributed by atoms with E-state index >= 15 is 0 Å². The molecule has 1 aliphatic rings. The quantitative estimate of drug-likeness (QED) is 0.792. The van der Waals surface area contributed by atoms with E-state index in [0.717, 1.165) is 45.1 Å². The van der Waals surface area contributed by atoms with Crippen molar-refractivity contribution in [3.8, 4) is 0 Å². The Bertz CT molecular complexity index is 628. The number of hydrogen-bond donors (Lipinski definition) is 1. The monoisotopic (exact) mass is 326 g/mol. The maximum atomic E-state index is 11.9. The van der Waals surface area contributed by atoms with Crippen molar-refractivity contribution >= 4 is 11.9 Å². The molecular formula is C17H22N6O. The number of rotatable bonds is 6. The van der Waals surface area contributed by atoms with Crippen LogP contribution in [0, 0.1) is 0 Å². The highest BCUT2D eigenvalue weighted by molar-refractivity contribution is 5.93. The lowest BCUT2D eigenvalue weighted by Gasteiger charge is -2.34. The molecule has 7 nitrogen and oxygen atoms in total. The normalized spacial score (nSPS) is 15.2. The first-order valence-corrected chi connectivity index (χ1v) is 8.25. The molecule has 2 aromatic rings. The van der Waals surface area contributed by atoms with E-state index in [0.29, 0.717) is 12.1 Å². The number of aromatic nitrogens is 3. The van der Waals surface area contributed by atoms with Gasteiger partial charge in [0.1, 0.15) is 0 Å². The van der Waals surface area contributed by atoms with Gasteiger partial charge >= 0.3 is 0 Å². The molecule has 24 heavy (non-hydrogen) atoms. The summed E-state index contributed by atoms with van der Waals surface area (Å²) in [5, 5.41) is 2.94. The summed E-state index contributed by atoms with van der Waals surface area (Å²) >= 11 is 0. The fourth-order valence-corrected chi connectivity index (χ4v) is 2.73. The second kappa shape index (κ2) is 8.35. The predicted octanol–water partition coefficient (Wildman–Crippen LogP) is 0.814. The molecule has 126 valence electrons. The first kappa shape index (κ1) is 16.3. The molecule has 2 aromatic heterocycles. The van der Waals surface area contributed by atoms with Crippen LogP contribution in [0.15, 0.2) is 43.0 Å². The Morgan fingerprint density at radius 3 is 2.58 bits per heavy atom. The van der Waals surface area contributed by atoms with Crippen molar-refractivity contribution in [3.05, 3.63) is 48.5 Å². The van der Waals surface area contributed by atoms with E-state index in [1.807, 2.05) is 6.07 Å². The molecule has 1 saturated heterocycles. The topological polar surface area (TPSA) is 74.2 Å². The van der Waals surface area contributed by atoms with Gasteiger partial charge < -0.3 is 10.2 Å². The molecule has 1 N–H and O–H groups in total. The number of pyridine rings is 1. The molecule has 1 amide bonds. The average molecular weight is 326 g/mol. The molecule has 3 rings (SSSR count). The van der Waals surface area contributed by atoms with Crippen molar-refractivity contribution in [2.24, 2.45) is 0 Å². The van der Waals surface area contributed by atoms with Gasteiger partial charge in [0.2, 0.25) is 5.95 Å². The number of nitrogens with one attached hydrogen (secondary N) is 1. The maximum absolute atomic E-state index is 11.9. The highest BCUT2D eigenvalue weighted by atomic mass is 16.1. The Morgan fingerprint density at radius 1 is 1.08 bits per heavy atom. The number of carbonyl (C=O) groups is 1. The van der Waals surface area contributed by atoms with Crippen molar-refractivity contribution in [2.45, 2.75) is 6.42 Å². The third-order valence-corrected chi connectivity index (χ3v) is 4.07. The third kappa shape index (κ3) is 4.48. The van der Waals surface area contributed by atoms with Crippen molar-refractivity contribution < 1.29 is 4.79 Å². The molecule has 7 heteroatoms. The van der Waals surface area contributed by atoms with Gasteiger partial charge in [0.05, 0.1) is 5.56 Å². The molecule has 0 aliphatic carbocycles. The lowest BCUT2D eigenvalue weighted by molar-refractivity contribution is 0.0951. The van der Waals surface area contributed by atoms with Crippen LogP contribution < -0.4 is 10.2 Å². The van der Waals surface area contributed by atoms with Gasteiger partial charge in [-0.15, -0.1) is 0 Å². The first-order chi connectivity index (χ1) is 11.8. The lowest BCUT2D eigenvalue weighted by atomic mass is 10.2. The molecule has 3 heterocycles. The van der Waals surface area contributed by atoms with Gasteiger partial charge in [-0.2, -0.15) is 0 Å². The first-order valence-electron chi connectivity index (χ1n) is 8.25. The van der Waals surface area contributed by atoms with Gasteiger partial charge in [-0.1, -0.05) is 0 Å². The molecular weight excluding hydrogens is 304 g/mol. The largest absolute Gasteiger partial charge is 0.352 e. The van der Waals surface area contributed by atoms with E-state index in [4.69, 9.17) is 0 Å². The van der Waals surface area contributed by atoms with Crippen molar-refractivity contribution in [3.63, 3.8) is 0 Å². The van der Waals surface area contributed by atoms with Crippen molar-refractivity contribution in [2.75, 3.05) is 44.2 Å². The summed E-state index contributed by atoms with van der Waals surface area (Å²) in [5.41, 5.74) is 0.606. The zero-order chi connectivity index (χ0) is 16.6. The number of carbonyl (C=O) groups excluding carboxylic acids is 1. The fraction of sp³-hybridized carbons (Fsp3) is 0.412. The van der Waals surface area contributed by atoms with Gasteiger partial charge in [0.25, 0.3) is 5.91 Å². The van der Waals surface area contributed by atoms with Crippen LogP contribution in [0.1, 0.15) is 16.8 Å².